The van der Waals surface area contributed by atoms with Crippen molar-refractivity contribution in [2.75, 3.05) is 11.1 Å². The minimum atomic E-state index is 0.0260. The van der Waals surface area contributed by atoms with Gasteiger partial charge in [-0.1, -0.05) is 42.0 Å². The molecule has 4 nitrogen and oxygen atoms in total. The predicted molar refractivity (Wildman–Crippen MR) is 121 cm³/mol. The second kappa shape index (κ2) is 8.97. The molecular weight excluding hydrogens is 378 g/mol. The number of thioether (sulfide) groups is 1. The summed E-state index contributed by atoms with van der Waals surface area (Å²) in [5.74, 6) is 1.71. The number of amides is 1. The fourth-order valence-electron chi connectivity index (χ4n) is 3.15. The van der Waals surface area contributed by atoms with E-state index < -0.39 is 0 Å². The summed E-state index contributed by atoms with van der Waals surface area (Å²) in [7, 11) is 0. The number of rotatable bonds is 7. The highest BCUT2D eigenvalue weighted by Gasteiger charge is 2.11. The molecule has 3 aromatic carbocycles. The highest BCUT2D eigenvalue weighted by molar-refractivity contribution is 7.99. The van der Waals surface area contributed by atoms with Crippen molar-refractivity contribution >= 4 is 34.4 Å². The van der Waals surface area contributed by atoms with E-state index in [9.17, 15) is 4.79 Å². The smallest absolute Gasteiger partial charge is 0.224 e. The number of aryl methyl sites for hydroxylation is 1. The number of aromatic amines is 1. The van der Waals surface area contributed by atoms with Crippen molar-refractivity contribution in [1.29, 1.82) is 0 Å². The third-order valence-corrected chi connectivity index (χ3v) is 5.78. The molecule has 0 spiro atoms. The molecule has 0 fully saturated rings. The molecule has 0 unspecified atom stereocenters. The van der Waals surface area contributed by atoms with Crippen LogP contribution in [0.2, 0.25) is 0 Å². The van der Waals surface area contributed by atoms with Crippen molar-refractivity contribution in [3.05, 3.63) is 78.4 Å². The molecule has 5 heteroatoms. The normalized spacial score (nSPS) is 10.9. The zero-order valence-corrected chi connectivity index (χ0v) is 17.1. The minimum absolute atomic E-state index is 0.0260. The summed E-state index contributed by atoms with van der Waals surface area (Å²) in [6.07, 6.45) is 1.32. The summed E-state index contributed by atoms with van der Waals surface area (Å²) in [6, 6.07) is 24.2. The Bertz CT molecular complexity index is 1090. The van der Waals surface area contributed by atoms with Crippen LogP contribution in [0.15, 0.2) is 77.7 Å². The van der Waals surface area contributed by atoms with Crippen LogP contribution < -0.4 is 5.32 Å². The molecule has 0 aliphatic rings. The highest BCUT2D eigenvalue weighted by Crippen LogP contribution is 2.28. The van der Waals surface area contributed by atoms with Crippen LogP contribution in [0, 0.1) is 6.92 Å². The van der Waals surface area contributed by atoms with Gasteiger partial charge in [0, 0.05) is 16.9 Å². The summed E-state index contributed by atoms with van der Waals surface area (Å²) in [5.41, 5.74) is 4.83. The largest absolute Gasteiger partial charge is 0.338 e. The van der Waals surface area contributed by atoms with Crippen LogP contribution in [-0.4, -0.2) is 21.6 Å². The third-order valence-electron chi connectivity index (χ3n) is 4.68. The van der Waals surface area contributed by atoms with E-state index in [1.54, 1.807) is 11.8 Å². The van der Waals surface area contributed by atoms with Crippen LogP contribution in [0.3, 0.4) is 0 Å². The van der Waals surface area contributed by atoms with Gasteiger partial charge in [-0.15, -0.1) is 11.8 Å². The number of imidazole rings is 1. The monoisotopic (exact) mass is 401 g/mol. The Morgan fingerprint density at radius 1 is 1.00 bits per heavy atom. The number of carbonyl (C=O) groups is 1. The Labute approximate surface area is 174 Å². The first-order valence-corrected chi connectivity index (χ1v) is 10.7. The molecule has 1 amide bonds. The second-order valence-electron chi connectivity index (χ2n) is 6.96. The molecule has 4 aromatic rings. The summed E-state index contributed by atoms with van der Waals surface area (Å²) < 4.78 is 0. The van der Waals surface area contributed by atoms with Gasteiger partial charge in [-0.25, -0.2) is 4.98 Å². The number of benzene rings is 3. The maximum Gasteiger partial charge on any atom is 0.224 e. The van der Waals surface area contributed by atoms with Crippen molar-refractivity contribution in [2.45, 2.75) is 24.7 Å². The molecule has 1 aromatic heterocycles. The quantitative estimate of drug-likeness (QED) is 0.293. The van der Waals surface area contributed by atoms with Crippen molar-refractivity contribution in [2.24, 2.45) is 0 Å². The van der Waals surface area contributed by atoms with Crippen LogP contribution in [0.1, 0.15) is 18.4 Å². The lowest BCUT2D eigenvalue weighted by Crippen LogP contribution is -2.12. The fraction of sp³-hybridized carbons (Fsp3) is 0.167. The van der Waals surface area contributed by atoms with Crippen LogP contribution in [-0.2, 0) is 4.79 Å². The lowest BCUT2D eigenvalue weighted by molar-refractivity contribution is -0.116. The van der Waals surface area contributed by atoms with Crippen LogP contribution in [0.5, 0.6) is 0 Å². The number of para-hydroxylation sites is 3. The van der Waals surface area contributed by atoms with E-state index in [1.165, 1.54) is 10.5 Å². The van der Waals surface area contributed by atoms with Gasteiger partial charge in [-0.2, -0.15) is 0 Å². The molecule has 0 saturated heterocycles. The summed E-state index contributed by atoms with van der Waals surface area (Å²) in [6.45, 7) is 2.09. The van der Waals surface area contributed by atoms with E-state index in [1.807, 2.05) is 48.5 Å². The first kappa shape index (κ1) is 19.3. The number of hydrogen-bond acceptors (Lipinski definition) is 3. The molecule has 0 radical (unpaired) electrons. The average molecular weight is 402 g/mol. The molecule has 0 saturated carbocycles. The maximum absolute atomic E-state index is 12.5. The van der Waals surface area contributed by atoms with Crippen molar-refractivity contribution in [3.8, 4) is 11.4 Å². The van der Waals surface area contributed by atoms with Crippen LogP contribution >= 0.6 is 11.8 Å². The Balaban J connectivity index is 1.36. The van der Waals surface area contributed by atoms with E-state index in [2.05, 4.69) is 46.5 Å². The van der Waals surface area contributed by atoms with Gasteiger partial charge in [0.05, 0.1) is 16.7 Å². The van der Waals surface area contributed by atoms with Gasteiger partial charge in [0.15, 0.2) is 0 Å². The van der Waals surface area contributed by atoms with Crippen molar-refractivity contribution < 1.29 is 4.79 Å². The predicted octanol–water partition coefficient (Wildman–Crippen LogP) is 6.05. The number of fused-ring (bicyclic) bond motifs is 1. The summed E-state index contributed by atoms with van der Waals surface area (Å²) in [5, 5.41) is 3.05. The van der Waals surface area contributed by atoms with E-state index >= 15 is 0 Å². The first-order valence-electron chi connectivity index (χ1n) is 9.72. The molecule has 1 heterocycles. The number of nitrogens with zero attached hydrogens (tertiary/aromatic N) is 1. The van der Waals surface area contributed by atoms with Crippen molar-refractivity contribution in [3.63, 3.8) is 0 Å². The van der Waals surface area contributed by atoms with E-state index in [4.69, 9.17) is 0 Å². The highest BCUT2D eigenvalue weighted by atomic mass is 32.2. The van der Waals surface area contributed by atoms with Crippen LogP contribution in [0.4, 0.5) is 5.69 Å². The molecule has 0 aliphatic heterocycles. The van der Waals surface area contributed by atoms with Crippen LogP contribution in [0.25, 0.3) is 22.4 Å². The number of carbonyl (C=O) groups excluding carboxylic acids is 1. The molecule has 0 atom stereocenters. The van der Waals surface area contributed by atoms with Gasteiger partial charge in [0.2, 0.25) is 5.91 Å². The Morgan fingerprint density at radius 2 is 1.76 bits per heavy atom. The van der Waals surface area contributed by atoms with E-state index in [0.29, 0.717) is 6.42 Å². The summed E-state index contributed by atoms with van der Waals surface area (Å²) >= 11 is 1.78. The number of nitrogens with one attached hydrogen (secondary N) is 2. The van der Waals surface area contributed by atoms with Gasteiger partial charge in [0.25, 0.3) is 0 Å². The lowest BCUT2D eigenvalue weighted by atomic mass is 10.1. The number of hydrogen-bond donors (Lipinski definition) is 2. The van der Waals surface area contributed by atoms with E-state index in [0.717, 1.165) is 40.3 Å². The fourth-order valence-corrected chi connectivity index (χ4v) is 4.00. The average Bonchev–Trinajstić information content (AvgIpc) is 3.17. The third kappa shape index (κ3) is 4.87. The van der Waals surface area contributed by atoms with Gasteiger partial charge < -0.3 is 10.3 Å². The van der Waals surface area contributed by atoms with Crippen molar-refractivity contribution in [1.82, 2.24) is 9.97 Å². The van der Waals surface area contributed by atoms with Gasteiger partial charge in [-0.3, -0.25) is 4.79 Å². The molecule has 2 N–H and O–H groups in total. The Morgan fingerprint density at radius 3 is 2.59 bits per heavy atom. The Hall–Kier alpha value is -3.05. The van der Waals surface area contributed by atoms with Gasteiger partial charge in [-0.05, 0) is 55.5 Å². The molecule has 29 heavy (non-hydrogen) atoms. The van der Waals surface area contributed by atoms with Gasteiger partial charge in [0.1, 0.15) is 5.82 Å². The zero-order valence-electron chi connectivity index (χ0n) is 16.3. The zero-order chi connectivity index (χ0) is 20.1. The molecule has 0 aliphatic carbocycles. The lowest BCUT2D eigenvalue weighted by Gasteiger charge is -2.09. The Kier molecular flexibility index (Phi) is 5.96. The van der Waals surface area contributed by atoms with E-state index in [-0.39, 0.29) is 5.91 Å². The number of H-pyrrole nitrogens is 1. The minimum Gasteiger partial charge on any atom is -0.338 e. The maximum atomic E-state index is 12.5. The second-order valence-corrected chi connectivity index (χ2v) is 8.13. The molecular formula is C24H23N3OS. The molecule has 146 valence electrons. The topological polar surface area (TPSA) is 57.8 Å². The molecule has 0 bridgehead atoms. The van der Waals surface area contributed by atoms with Gasteiger partial charge >= 0.3 is 0 Å². The first-order chi connectivity index (χ1) is 14.2. The molecule has 4 rings (SSSR count). The summed E-state index contributed by atoms with van der Waals surface area (Å²) in [4.78, 5) is 21.7. The standard InChI is InChI=1S/C24H23N3OS/c1-17-12-14-18(15-13-17)29-16-6-11-23(28)25-20-8-3-2-7-19(20)24-26-21-9-4-5-10-22(21)27-24/h2-5,7-10,12-15H,6,11,16H2,1H3,(H,25,28)(H,26,27). The number of aromatic nitrogens is 2. The SMILES string of the molecule is Cc1ccc(SCCCC(=O)Nc2ccccc2-c2nc3ccccc3[nH]2)cc1. The number of anilines is 1.